The first-order valence-corrected chi connectivity index (χ1v) is 8.98. The fourth-order valence-corrected chi connectivity index (χ4v) is 3.96. The second kappa shape index (κ2) is 7.70. The van der Waals surface area contributed by atoms with E-state index in [4.69, 9.17) is 0 Å². The van der Waals surface area contributed by atoms with Gasteiger partial charge in [0.1, 0.15) is 0 Å². The Morgan fingerprint density at radius 3 is 0.852 bits per heavy atom. The quantitative estimate of drug-likeness (QED) is 0.238. The van der Waals surface area contributed by atoms with Crippen LogP contribution in [0, 0.1) is 0 Å². The van der Waals surface area contributed by atoms with E-state index in [2.05, 4.69) is 109 Å². The maximum atomic E-state index is 2.25. The molecule has 0 aromatic heterocycles. The molecule has 0 saturated carbocycles. The van der Waals surface area contributed by atoms with Gasteiger partial charge >= 0.3 is 0 Å². The monoisotopic (exact) mass is 353 g/mol. The van der Waals surface area contributed by atoms with E-state index in [1.54, 1.807) is 0 Å². The summed E-state index contributed by atoms with van der Waals surface area (Å²) < 4.78 is 0. The Hall–Kier alpha value is -2.38. The summed E-state index contributed by atoms with van der Waals surface area (Å²) in [5.74, 6) is 0. The molecule has 0 spiro atoms. The summed E-state index contributed by atoms with van der Waals surface area (Å²) in [6.45, 7) is 0. The normalized spacial score (nSPS) is 10.7. The van der Waals surface area contributed by atoms with Crippen molar-refractivity contribution in [1.29, 1.82) is 0 Å². The van der Waals surface area contributed by atoms with Crippen LogP contribution in [0.5, 0.6) is 0 Å². The van der Waals surface area contributed by atoms with Crippen LogP contribution in [0.4, 0.5) is 0 Å². The molecule has 27 heavy (non-hydrogen) atoms. The van der Waals surface area contributed by atoms with Gasteiger partial charge in [-0.3, -0.25) is 0 Å². The molecule has 0 atom stereocenters. The molecule has 0 nitrogen and oxygen atoms in total. The number of fused-ring (bicyclic) bond motifs is 2. The van der Waals surface area contributed by atoms with Crippen molar-refractivity contribution in [3.8, 4) is 22.3 Å². The van der Waals surface area contributed by atoms with Crippen molar-refractivity contribution in [2.75, 3.05) is 0 Å². The van der Waals surface area contributed by atoms with Crippen LogP contribution in [0.1, 0.15) is 0 Å². The van der Waals surface area contributed by atoms with Gasteiger partial charge in [-0.05, 0) is 43.8 Å². The summed E-state index contributed by atoms with van der Waals surface area (Å²) in [5, 5.41) is 5.21. The van der Waals surface area contributed by atoms with Crippen LogP contribution in [-0.4, -0.2) is 29.6 Å². The Kier molecular flexibility index (Phi) is 5.13. The maximum Gasteiger partial charge on any atom is 0 e. The summed E-state index contributed by atoms with van der Waals surface area (Å²) >= 11 is 0. The van der Waals surface area contributed by atoms with E-state index >= 15 is 0 Å². The van der Waals surface area contributed by atoms with E-state index in [9.17, 15) is 0 Å². The first-order valence-electron chi connectivity index (χ1n) is 8.98. The van der Waals surface area contributed by atoms with Gasteiger partial charge in [0.25, 0.3) is 0 Å². The van der Waals surface area contributed by atoms with E-state index in [-0.39, 0.29) is 29.6 Å². The third kappa shape index (κ3) is 3.11. The van der Waals surface area contributed by atoms with E-state index in [1.165, 1.54) is 43.8 Å². The maximum absolute atomic E-state index is 2.25. The Balaban J connectivity index is 0.00000180. The summed E-state index contributed by atoms with van der Waals surface area (Å²) in [6.07, 6.45) is 0. The molecule has 123 valence electrons. The van der Waals surface area contributed by atoms with Crippen LogP contribution < -0.4 is 0 Å². The van der Waals surface area contributed by atoms with Gasteiger partial charge in [-0.15, -0.1) is 0 Å². The summed E-state index contributed by atoms with van der Waals surface area (Å²) in [5.41, 5.74) is 5.16. The predicted molar refractivity (Wildman–Crippen MR) is 118 cm³/mol. The van der Waals surface area contributed by atoms with Crippen molar-refractivity contribution in [3.63, 3.8) is 0 Å². The summed E-state index contributed by atoms with van der Waals surface area (Å²) in [4.78, 5) is 0. The number of hydrogen-bond donors (Lipinski definition) is 0. The standard InChI is InChI=1S/C26H18.Na/c1-3-11-19(12-4-1)25-21-15-7-9-17-23(21)26(20-13-5-2-6-14-20)24-18-10-8-16-22(24)25;/h1-18H;. The molecule has 0 unspecified atom stereocenters. The molecular weight excluding hydrogens is 335 g/mol. The van der Waals surface area contributed by atoms with Crippen molar-refractivity contribution in [2.24, 2.45) is 0 Å². The third-order valence-corrected chi connectivity index (χ3v) is 5.06. The number of hydrogen-bond acceptors (Lipinski definition) is 0. The molecule has 5 aromatic carbocycles. The van der Waals surface area contributed by atoms with Gasteiger partial charge in [-0.1, -0.05) is 109 Å². The van der Waals surface area contributed by atoms with E-state index in [0.717, 1.165) is 0 Å². The van der Waals surface area contributed by atoms with Gasteiger partial charge in [0, 0.05) is 29.6 Å². The topological polar surface area (TPSA) is 0 Å². The van der Waals surface area contributed by atoms with E-state index in [0.29, 0.717) is 0 Å². The predicted octanol–water partition coefficient (Wildman–Crippen LogP) is 6.95. The van der Waals surface area contributed by atoms with E-state index in [1.807, 2.05) is 0 Å². The van der Waals surface area contributed by atoms with Gasteiger partial charge in [-0.25, -0.2) is 0 Å². The smallest absolute Gasteiger partial charge is 0 e. The first kappa shape index (κ1) is 18.0. The van der Waals surface area contributed by atoms with Gasteiger partial charge in [0.15, 0.2) is 0 Å². The Morgan fingerprint density at radius 2 is 0.556 bits per heavy atom. The first-order chi connectivity index (χ1) is 12.9. The van der Waals surface area contributed by atoms with Gasteiger partial charge < -0.3 is 0 Å². The van der Waals surface area contributed by atoms with Crippen molar-refractivity contribution in [3.05, 3.63) is 109 Å². The SMILES string of the molecule is [Na].c1ccc(-c2c3ccccc3c(-c3ccccc3)c3ccccc23)cc1. The molecule has 5 aromatic rings. The Bertz CT molecular complexity index is 1050. The minimum absolute atomic E-state index is 0. The molecule has 0 N–H and O–H groups in total. The zero-order valence-corrected chi connectivity index (χ0v) is 17.4. The Morgan fingerprint density at radius 1 is 0.296 bits per heavy atom. The van der Waals surface area contributed by atoms with Crippen molar-refractivity contribution < 1.29 is 0 Å². The van der Waals surface area contributed by atoms with Crippen molar-refractivity contribution in [2.45, 2.75) is 0 Å². The molecule has 0 aliphatic heterocycles. The van der Waals surface area contributed by atoms with Crippen molar-refractivity contribution in [1.82, 2.24) is 0 Å². The number of rotatable bonds is 2. The van der Waals surface area contributed by atoms with Crippen LogP contribution in [-0.2, 0) is 0 Å². The largest absolute Gasteiger partial charge is 0.0622 e. The number of benzene rings is 5. The van der Waals surface area contributed by atoms with E-state index < -0.39 is 0 Å². The molecule has 0 heterocycles. The molecular formula is C26H18Na. The molecule has 0 saturated heterocycles. The molecule has 0 aliphatic rings. The second-order valence-corrected chi connectivity index (χ2v) is 6.57. The Labute approximate surface area is 181 Å². The summed E-state index contributed by atoms with van der Waals surface area (Å²) in [7, 11) is 0. The third-order valence-electron chi connectivity index (χ3n) is 5.06. The van der Waals surface area contributed by atoms with Crippen molar-refractivity contribution >= 4 is 51.1 Å². The van der Waals surface area contributed by atoms with Gasteiger partial charge in [-0.2, -0.15) is 0 Å². The average Bonchev–Trinajstić information content (AvgIpc) is 2.73. The molecule has 1 heteroatoms. The van der Waals surface area contributed by atoms with Crippen LogP contribution in [0.25, 0.3) is 43.8 Å². The second-order valence-electron chi connectivity index (χ2n) is 6.57. The molecule has 0 bridgehead atoms. The minimum Gasteiger partial charge on any atom is -0.0622 e. The van der Waals surface area contributed by atoms with Gasteiger partial charge in [0.05, 0.1) is 0 Å². The molecule has 5 rings (SSSR count). The average molecular weight is 353 g/mol. The van der Waals surface area contributed by atoms with Crippen LogP contribution in [0.15, 0.2) is 109 Å². The zero-order valence-electron chi connectivity index (χ0n) is 15.4. The summed E-state index contributed by atoms with van der Waals surface area (Å²) in [6, 6.07) is 39.0. The van der Waals surface area contributed by atoms with Crippen LogP contribution in [0.3, 0.4) is 0 Å². The van der Waals surface area contributed by atoms with Crippen LogP contribution >= 0.6 is 0 Å². The molecule has 0 aliphatic carbocycles. The fourth-order valence-electron chi connectivity index (χ4n) is 3.96. The van der Waals surface area contributed by atoms with Crippen LogP contribution in [0.2, 0.25) is 0 Å². The molecule has 1 radical (unpaired) electrons. The zero-order chi connectivity index (χ0) is 17.3. The molecule has 0 amide bonds. The fraction of sp³-hybridized carbons (Fsp3) is 0. The molecule has 0 fully saturated rings. The van der Waals surface area contributed by atoms with Gasteiger partial charge in [0.2, 0.25) is 0 Å². The minimum atomic E-state index is 0.